The zero-order valence-corrected chi connectivity index (χ0v) is 11.2. The van der Waals surface area contributed by atoms with Crippen molar-refractivity contribution in [2.45, 2.75) is 75.7 Å². The molecule has 2 saturated heterocycles. The monoisotopic (exact) mass is 252 g/mol. The Morgan fingerprint density at radius 3 is 2.83 bits per heavy atom. The molecule has 102 valence electrons. The molecule has 1 amide bonds. The van der Waals surface area contributed by atoms with Crippen LogP contribution in [0.15, 0.2) is 0 Å². The topological polar surface area (TPSA) is 64.4 Å². The van der Waals surface area contributed by atoms with Gasteiger partial charge in [0.2, 0.25) is 5.91 Å². The summed E-state index contributed by atoms with van der Waals surface area (Å²) >= 11 is 0. The highest BCUT2D eigenvalue weighted by Gasteiger charge is 2.44. The maximum Gasteiger partial charge on any atom is 0.240 e. The van der Waals surface area contributed by atoms with E-state index in [1.807, 2.05) is 0 Å². The molecule has 3 rings (SSSR count). The first kappa shape index (κ1) is 12.4. The van der Waals surface area contributed by atoms with Gasteiger partial charge in [-0.25, -0.2) is 0 Å². The number of hydrogen-bond acceptors (Lipinski definition) is 3. The van der Waals surface area contributed by atoms with Crippen LogP contribution < -0.4 is 11.1 Å². The number of ether oxygens (including phenoxy) is 1. The van der Waals surface area contributed by atoms with E-state index in [1.165, 1.54) is 6.42 Å². The van der Waals surface area contributed by atoms with Gasteiger partial charge in [-0.1, -0.05) is 19.8 Å². The number of nitrogens with one attached hydrogen (secondary N) is 1. The van der Waals surface area contributed by atoms with Gasteiger partial charge in [-0.2, -0.15) is 0 Å². The number of carbonyl (C=O) groups excluding carboxylic acids is 1. The molecule has 4 heteroatoms. The smallest absolute Gasteiger partial charge is 0.240 e. The second kappa shape index (κ2) is 4.49. The van der Waals surface area contributed by atoms with Crippen molar-refractivity contribution in [3.63, 3.8) is 0 Å². The molecule has 3 N–H and O–H groups in total. The van der Waals surface area contributed by atoms with Crippen molar-refractivity contribution in [1.82, 2.24) is 5.32 Å². The molecule has 0 spiro atoms. The van der Waals surface area contributed by atoms with Gasteiger partial charge in [0.25, 0.3) is 0 Å². The third kappa shape index (κ3) is 2.16. The van der Waals surface area contributed by atoms with Gasteiger partial charge in [-0.3, -0.25) is 4.79 Å². The fraction of sp³-hybridized carbons (Fsp3) is 0.929. The lowest BCUT2D eigenvalue weighted by Gasteiger charge is -2.36. The molecule has 2 heterocycles. The summed E-state index contributed by atoms with van der Waals surface area (Å²) in [6, 6.07) is 0.203. The van der Waals surface area contributed by atoms with Crippen LogP contribution >= 0.6 is 0 Å². The van der Waals surface area contributed by atoms with E-state index >= 15 is 0 Å². The lowest BCUT2D eigenvalue weighted by Crippen LogP contribution is -2.59. The summed E-state index contributed by atoms with van der Waals surface area (Å²) < 4.78 is 5.77. The predicted molar refractivity (Wildman–Crippen MR) is 69.0 cm³/mol. The Hall–Kier alpha value is -0.610. The molecule has 2 aliphatic heterocycles. The Kier molecular flexibility index (Phi) is 3.10. The van der Waals surface area contributed by atoms with Gasteiger partial charge in [0.05, 0.1) is 23.8 Å². The Morgan fingerprint density at radius 1 is 1.39 bits per heavy atom. The molecule has 5 unspecified atom stereocenters. The van der Waals surface area contributed by atoms with Crippen molar-refractivity contribution in [2.24, 2.45) is 11.7 Å². The van der Waals surface area contributed by atoms with Crippen molar-refractivity contribution >= 4 is 5.91 Å². The summed E-state index contributed by atoms with van der Waals surface area (Å²) in [5.41, 5.74) is 5.68. The maximum absolute atomic E-state index is 12.4. The van der Waals surface area contributed by atoms with Gasteiger partial charge in [-0.15, -0.1) is 0 Å². The van der Waals surface area contributed by atoms with Gasteiger partial charge in [-0.05, 0) is 38.0 Å². The summed E-state index contributed by atoms with van der Waals surface area (Å²) in [6.07, 6.45) is 7.74. The molecule has 0 aromatic heterocycles. The van der Waals surface area contributed by atoms with Crippen molar-refractivity contribution in [3.05, 3.63) is 0 Å². The number of hydrogen-bond donors (Lipinski definition) is 2. The highest BCUT2D eigenvalue weighted by molar-refractivity contribution is 5.86. The fourth-order valence-corrected chi connectivity index (χ4v) is 3.90. The molecule has 0 aromatic rings. The van der Waals surface area contributed by atoms with Crippen molar-refractivity contribution in [1.29, 1.82) is 0 Å². The van der Waals surface area contributed by atoms with E-state index in [0.717, 1.165) is 38.5 Å². The molecule has 0 aromatic carbocycles. The molecule has 5 atom stereocenters. The molecule has 3 aliphatic rings. The van der Waals surface area contributed by atoms with E-state index < -0.39 is 5.54 Å². The third-order valence-corrected chi connectivity index (χ3v) is 4.91. The van der Waals surface area contributed by atoms with Crippen LogP contribution in [0.4, 0.5) is 0 Å². The molecule has 4 nitrogen and oxygen atoms in total. The lowest BCUT2D eigenvalue weighted by molar-refractivity contribution is -0.129. The molecule has 3 fully saturated rings. The van der Waals surface area contributed by atoms with Crippen LogP contribution in [-0.2, 0) is 9.53 Å². The highest BCUT2D eigenvalue weighted by Crippen LogP contribution is 2.35. The summed E-state index contributed by atoms with van der Waals surface area (Å²) in [7, 11) is 0. The first-order chi connectivity index (χ1) is 8.57. The number of fused-ring (bicyclic) bond motifs is 2. The Balaban J connectivity index is 1.60. The summed E-state index contributed by atoms with van der Waals surface area (Å²) in [4.78, 5) is 12.4. The number of carbonyl (C=O) groups is 1. The van der Waals surface area contributed by atoms with Crippen LogP contribution in [0.3, 0.4) is 0 Å². The Morgan fingerprint density at radius 2 is 2.22 bits per heavy atom. The normalized spacial score (nSPS) is 47.2. The number of amides is 1. The lowest BCUT2D eigenvalue weighted by atomic mass is 9.76. The van der Waals surface area contributed by atoms with Crippen LogP contribution in [0, 0.1) is 5.92 Å². The SMILES string of the molecule is CC1CCCC(N)(C(=O)NC2CC3CCC2O3)C1. The number of nitrogens with two attached hydrogens (primary N) is 1. The van der Waals surface area contributed by atoms with Crippen molar-refractivity contribution in [2.75, 3.05) is 0 Å². The van der Waals surface area contributed by atoms with E-state index in [9.17, 15) is 4.79 Å². The van der Waals surface area contributed by atoms with Crippen LogP contribution in [-0.4, -0.2) is 29.7 Å². The molecule has 2 bridgehead atoms. The third-order valence-electron chi connectivity index (χ3n) is 4.91. The number of rotatable bonds is 2. The van der Waals surface area contributed by atoms with Gasteiger partial charge in [0, 0.05) is 0 Å². The van der Waals surface area contributed by atoms with Crippen LogP contribution in [0.5, 0.6) is 0 Å². The van der Waals surface area contributed by atoms with Gasteiger partial charge in [0.15, 0.2) is 0 Å². The molecular formula is C14H24N2O2. The van der Waals surface area contributed by atoms with Crippen LogP contribution in [0.2, 0.25) is 0 Å². The standard InChI is InChI=1S/C14H24N2O2/c1-9-3-2-6-14(15,8-9)13(17)16-11-7-10-4-5-12(11)18-10/h9-12H,2-8,15H2,1H3,(H,16,17). The Bertz CT molecular complexity index is 347. The first-order valence-corrected chi connectivity index (χ1v) is 7.32. The van der Waals surface area contributed by atoms with Crippen LogP contribution in [0.1, 0.15) is 51.9 Å². The minimum atomic E-state index is -0.639. The maximum atomic E-state index is 12.4. The molecule has 18 heavy (non-hydrogen) atoms. The summed E-state index contributed by atoms with van der Waals surface area (Å²) in [6.45, 7) is 2.19. The van der Waals surface area contributed by atoms with Gasteiger partial charge in [0.1, 0.15) is 0 Å². The van der Waals surface area contributed by atoms with E-state index in [1.54, 1.807) is 0 Å². The second-order valence-corrected chi connectivity index (χ2v) is 6.55. The predicted octanol–water partition coefficient (Wildman–Crippen LogP) is 1.33. The van der Waals surface area contributed by atoms with Crippen molar-refractivity contribution < 1.29 is 9.53 Å². The summed E-state index contributed by atoms with van der Waals surface area (Å²) in [5.74, 6) is 0.612. The van der Waals surface area contributed by atoms with E-state index in [4.69, 9.17) is 10.5 Å². The van der Waals surface area contributed by atoms with E-state index in [-0.39, 0.29) is 18.1 Å². The fourth-order valence-electron chi connectivity index (χ4n) is 3.90. The van der Waals surface area contributed by atoms with Gasteiger partial charge >= 0.3 is 0 Å². The average Bonchev–Trinajstić information content (AvgIpc) is 2.90. The zero-order valence-electron chi connectivity index (χ0n) is 11.2. The molecule has 0 radical (unpaired) electrons. The largest absolute Gasteiger partial charge is 0.373 e. The highest BCUT2D eigenvalue weighted by atomic mass is 16.5. The molecular weight excluding hydrogens is 228 g/mol. The van der Waals surface area contributed by atoms with Crippen molar-refractivity contribution in [3.8, 4) is 0 Å². The first-order valence-electron chi connectivity index (χ1n) is 7.32. The molecule has 1 saturated carbocycles. The second-order valence-electron chi connectivity index (χ2n) is 6.55. The average molecular weight is 252 g/mol. The zero-order chi connectivity index (χ0) is 12.8. The summed E-state index contributed by atoms with van der Waals surface area (Å²) in [5, 5.41) is 3.15. The quantitative estimate of drug-likeness (QED) is 0.779. The van der Waals surface area contributed by atoms with Crippen LogP contribution in [0.25, 0.3) is 0 Å². The van der Waals surface area contributed by atoms with E-state index in [0.29, 0.717) is 12.0 Å². The van der Waals surface area contributed by atoms with Gasteiger partial charge < -0.3 is 15.8 Å². The van der Waals surface area contributed by atoms with E-state index in [2.05, 4.69) is 12.2 Å². The minimum Gasteiger partial charge on any atom is -0.373 e. The molecule has 1 aliphatic carbocycles. The Labute approximate surface area is 109 Å². The minimum absolute atomic E-state index is 0.0511.